The Hall–Kier alpha value is -1.78. The zero-order valence-corrected chi connectivity index (χ0v) is 9.08. The van der Waals surface area contributed by atoms with Crippen LogP contribution < -0.4 is 10.6 Å². The van der Waals surface area contributed by atoms with E-state index in [2.05, 4.69) is 10.6 Å². The summed E-state index contributed by atoms with van der Waals surface area (Å²) >= 11 is 0. The summed E-state index contributed by atoms with van der Waals surface area (Å²) < 4.78 is 5.21. The van der Waals surface area contributed by atoms with Crippen LogP contribution in [0.2, 0.25) is 0 Å². The molecule has 2 N–H and O–H groups in total. The first-order chi connectivity index (χ1) is 7.65. The van der Waals surface area contributed by atoms with Crippen LogP contribution >= 0.6 is 0 Å². The van der Waals surface area contributed by atoms with Crippen molar-refractivity contribution in [3.8, 4) is 0 Å². The van der Waals surface area contributed by atoms with Crippen molar-refractivity contribution in [2.24, 2.45) is 0 Å². The number of nitrogens with one attached hydrogen (secondary N) is 2. The van der Waals surface area contributed by atoms with Crippen molar-refractivity contribution < 1.29 is 14.0 Å². The lowest BCUT2D eigenvalue weighted by molar-refractivity contribution is -0.122. The van der Waals surface area contributed by atoms with Gasteiger partial charge in [-0.1, -0.05) is 0 Å². The Balaban J connectivity index is 1.90. The van der Waals surface area contributed by atoms with Crippen molar-refractivity contribution in [3.63, 3.8) is 0 Å². The van der Waals surface area contributed by atoms with Gasteiger partial charge < -0.3 is 15.1 Å². The highest BCUT2D eigenvalue weighted by Crippen LogP contribution is 2.08. The largest absolute Gasteiger partial charge is 0.456 e. The Morgan fingerprint density at radius 3 is 2.94 bits per heavy atom. The number of carbonyl (C=O) groups excluding carboxylic acids is 2. The fraction of sp³-hybridized carbons (Fsp3) is 0.455. The third-order valence-electron chi connectivity index (χ3n) is 2.56. The van der Waals surface area contributed by atoms with Crippen LogP contribution in [0.15, 0.2) is 16.5 Å². The van der Waals surface area contributed by atoms with Gasteiger partial charge in [-0.05, 0) is 25.5 Å². The second-order valence-corrected chi connectivity index (χ2v) is 3.92. The molecule has 1 unspecified atom stereocenters. The van der Waals surface area contributed by atoms with Crippen molar-refractivity contribution in [1.82, 2.24) is 10.6 Å². The molecule has 1 atom stereocenters. The molecule has 5 heteroatoms. The van der Waals surface area contributed by atoms with Crippen LogP contribution in [0.25, 0.3) is 0 Å². The maximum absolute atomic E-state index is 11.7. The fourth-order valence-corrected chi connectivity index (χ4v) is 1.67. The van der Waals surface area contributed by atoms with Gasteiger partial charge in [0.2, 0.25) is 5.91 Å². The molecule has 1 aliphatic rings. The van der Waals surface area contributed by atoms with Gasteiger partial charge in [-0.15, -0.1) is 0 Å². The summed E-state index contributed by atoms with van der Waals surface area (Å²) in [6, 6.07) is 3.39. The summed E-state index contributed by atoms with van der Waals surface area (Å²) in [5.41, 5.74) is 0. The van der Waals surface area contributed by atoms with E-state index in [1.165, 1.54) is 0 Å². The quantitative estimate of drug-likeness (QED) is 0.769. The highest BCUT2D eigenvalue weighted by Gasteiger charge is 2.21. The first-order valence-corrected chi connectivity index (χ1v) is 5.29. The lowest BCUT2D eigenvalue weighted by atomic mass is 10.1. The van der Waals surface area contributed by atoms with E-state index in [9.17, 15) is 9.59 Å². The van der Waals surface area contributed by atoms with Crippen molar-refractivity contribution in [2.45, 2.75) is 25.8 Å². The van der Waals surface area contributed by atoms with Crippen LogP contribution in [0.1, 0.15) is 29.2 Å². The van der Waals surface area contributed by atoms with Crippen LogP contribution in [-0.2, 0) is 4.79 Å². The number of piperidine rings is 1. The SMILES string of the molecule is Cc1ccc(C(=O)NC2CCC(=O)NC2)o1. The van der Waals surface area contributed by atoms with Gasteiger partial charge in [0, 0.05) is 19.0 Å². The molecule has 1 saturated heterocycles. The monoisotopic (exact) mass is 222 g/mol. The van der Waals surface area contributed by atoms with E-state index in [-0.39, 0.29) is 17.9 Å². The third-order valence-corrected chi connectivity index (χ3v) is 2.56. The molecule has 16 heavy (non-hydrogen) atoms. The van der Waals surface area contributed by atoms with Crippen LogP contribution in [0.4, 0.5) is 0 Å². The molecule has 86 valence electrons. The number of aryl methyl sites for hydroxylation is 1. The summed E-state index contributed by atoms with van der Waals surface area (Å²) in [6.07, 6.45) is 1.14. The molecular weight excluding hydrogens is 208 g/mol. The smallest absolute Gasteiger partial charge is 0.287 e. The summed E-state index contributed by atoms with van der Waals surface area (Å²) in [5, 5.41) is 5.53. The van der Waals surface area contributed by atoms with E-state index >= 15 is 0 Å². The minimum atomic E-state index is -0.228. The molecule has 0 radical (unpaired) electrons. The Morgan fingerprint density at radius 1 is 1.56 bits per heavy atom. The van der Waals surface area contributed by atoms with Gasteiger partial charge in [0.05, 0.1) is 0 Å². The first kappa shape index (κ1) is 10.7. The second kappa shape index (κ2) is 4.38. The zero-order valence-electron chi connectivity index (χ0n) is 9.08. The van der Waals surface area contributed by atoms with E-state index in [1.807, 2.05) is 0 Å². The van der Waals surface area contributed by atoms with Crippen molar-refractivity contribution in [3.05, 3.63) is 23.7 Å². The van der Waals surface area contributed by atoms with E-state index in [0.717, 1.165) is 0 Å². The minimum absolute atomic E-state index is 0.00407. The van der Waals surface area contributed by atoms with Crippen molar-refractivity contribution in [1.29, 1.82) is 0 Å². The first-order valence-electron chi connectivity index (χ1n) is 5.29. The fourth-order valence-electron chi connectivity index (χ4n) is 1.67. The molecule has 2 amide bonds. The minimum Gasteiger partial charge on any atom is -0.456 e. The average molecular weight is 222 g/mol. The van der Waals surface area contributed by atoms with Crippen LogP contribution in [0, 0.1) is 6.92 Å². The molecule has 2 heterocycles. The third kappa shape index (κ3) is 2.42. The molecular formula is C11H14N2O3. The lowest BCUT2D eigenvalue weighted by Gasteiger charge is -2.22. The average Bonchev–Trinajstić information content (AvgIpc) is 2.68. The van der Waals surface area contributed by atoms with Crippen LogP contribution in [0.5, 0.6) is 0 Å². The number of hydrogen-bond acceptors (Lipinski definition) is 3. The summed E-state index contributed by atoms with van der Waals surface area (Å²) in [7, 11) is 0. The van der Waals surface area contributed by atoms with Crippen LogP contribution in [0.3, 0.4) is 0 Å². The lowest BCUT2D eigenvalue weighted by Crippen LogP contribution is -2.47. The predicted molar refractivity (Wildman–Crippen MR) is 56.9 cm³/mol. The van der Waals surface area contributed by atoms with Crippen LogP contribution in [-0.4, -0.2) is 24.4 Å². The summed E-state index contributed by atoms with van der Waals surface area (Å²) in [6.45, 7) is 2.28. The van der Waals surface area contributed by atoms with Crippen molar-refractivity contribution in [2.75, 3.05) is 6.54 Å². The molecule has 1 aliphatic heterocycles. The molecule has 0 spiro atoms. The van der Waals surface area contributed by atoms with E-state index < -0.39 is 0 Å². The molecule has 1 fully saturated rings. The van der Waals surface area contributed by atoms with Gasteiger partial charge in [0.15, 0.2) is 5.76 Å². The number of amides is 2. The Labute approximate surface area is 93.2 Å². The molecule has 0 saturated carbocycles. The second-order valence-electron chi connectivity index (χ2n) is 3.92. The number of carbonyl (C=O) groups is 2. The Kier molecular flexibility index (Phi) is 2.94. The van der Waals surface area contributed by atoms with Gasteiger partial charge in [-0.2, -0.15) is 0 Å². The van der Waals surface area contributed by atoms with Gasteiger partial charge in [-0.3, -0.25) is 9.59 Å². The Morgan fingerprint density at radius 2 is 2.38 bits per heavy atom. The zero-order chi connectivity index (χ0) is 11.5. The molecule has 0 aromatic carbocycles. The van der Waals surface area contributed by atoms with E-state index in [4.69, 9.17) is 4.42 Å². The number of furan rings is 1. The summed E-state index contributed by atoms with van der Waals surface area (Å²) in [4.78, 5) is 22.6. The van der Waals surface area contributed by atoms with Gasteiger partial charge >= 0.3 is 0 Å². The molecule has 0 aliphatic carbocycles. The molecule has 1 aromatic rings. The van der Waals surface area contributed by atoms with Gasteiger partial charge in [-0.25, -0.2) is 0 Å². The molecule has 1 aromatic heterocycles. The molecule has 5 nitrogen and oxygen atoms in total. The van der Waals surface area contributed by atoms with Gasteiger partial charge in [0.25, 0.3) is 5.91 Å². The highest BCUT2D eigenvalue weighted by molar-refractivity contribution is 5.91. The van der Waals surface area contributed by atoms with E-state index in [0.29, 0.717) is 30.9 Å². The molecule has 2 rings (SSSR count). The normalized spacial score (nSPS) is 20.3. The summed E-state index contributed by atoms with van der Waals surface area (Å²) in [5.74, 6) is 0.838. The molecule has 0 bridgehead atoms. The number of hydrogen-bond donors (Lipinski definition) is 2. The maximum atomic E-state index is 11.7. The Bertz CT molecular complexity index is 401. The highest BCUT2D eigenvalue weighted by atomic mass is 16.3. The standard InChI is InChI=1S/C11H14N2O3/c1-7-2-4-9(16-7)11(15)13-8-3-5-10(14)12-6-8/h2,4,8H,3,5-6H2,1H3,(H,12,14)(H,13,15). The predicted octanol–water partition coefficient (Wildman–Crippen LogP) is 0.596. The number of rotatable bonds is 2. The topological polar surface area (TPSA) is 71.3 Å². The maximum Gasteiger partial charge on any atom is 0.287 e. The van der Waals surface area contributed by atoms with Gasteiger partial charge in [0.1, 0.15) is 5.76 Å². The van der Waals surface area contributed by atoms with E-state index in [1.54, 1.807) is 19.1 Å². The van der Waals surface area contributed by atoms with Crippen molar-refractivity contribution >= 4 is 11.8 Å².